The summed E-state index contributed by atoms with van der Waals surface area (Å²) >= 11 is 0. The molecule has 11 nitrogen and oxygen atoms in total. The van der Waals surface area contributed by atoms with E-state index in [1.807, 2.05) is 0 Å². The van der Waals surface area contributed by atoms with E-state index in [-0.39, 0.29) is 18.2 Å². The largest absolute Gasteiger partial charge is 0.355 e. The van der Waals surface area contributed by atoms with Gasteiger partial charge in [-0.15, -0.1) is 0 Å². The second-order valence-electron chi connectivity index (χ2n) is 8.46. The average Bonchev–Trinajstić information content (AvgIpc) is 2.91. The van der Waals surface area contributed by atoms with Crippen LogP contribution in [0.4, 0.5) is 5.95 Å². The maximum atomic E-state index is 6.75. The van der Waals surface area contributed by atoms with Crippen LogP contribution in [0.5, 0.6) is 0 Å². The van der Waals surface area contributed by atoms with Gasteiger partial charge in [0.05, 0.1) is 12.0 Å². The Morgan fingerprint density at radius 3 is 1.91 bits per heavy atom. The summed E-state index contributed by atoms with van der Waals surface area (Å²) in [4.78, 5) is 40.6. The number of nitrogens with zero attached hydrogens (tertiary/aromatic N) is 10. The van der Waals surface area contributed by atoms with Crippen molar-refractivity contribution >= 4 is 5.95 Å². The van der Waals surface area contributed by atoms with E-state index in [0.717, 1.165) is 32.2 Å². The minimum atomic E-state index is -0.199. The lowest BCUT2D eigenvalue weighted by molar-refractivity contribution is -0.0364. The van der Waals surface area contributed by atoms with E-state index in [2.05, 4.69) is 56.7 Å². The van der Waals surface area contributed by atoms with Gasteiger partial charge in [0.2, 0.25) is 5.95 Å². The molecule has 1 saturated carbocycles. The van der Waals surface area contributed by atoms with Crippen LogP contribution in [0.15, 0.2) is 38.0 Å². The number of ether oxygens (including phenoxy) is 1. The molecule has 0 saturated heterocycles. The first-order valence-electron chi connectivity index (χ1n) is 12.1. The summed E-state index contributed by atoms with van der Waals surface area (Å²) in [6.07, 6.45) is 18.5. The van der Waals surface area contributed by atoms with Gasteiger partial charge < -0.3 is 9.64 Å². The van der Waals surface area contributed by atoms with Crippen molar-refractivity contribution in [2.75, 3.05) is 11.4 Å². The summed E-state index contributed by atoms with van der Waals surface area (Å²) in [5.74, 6) is 1.71. The summed E-state index contributed by atoms with van der Waals surface area (Å²) < 4.78 is 6.75. The van der Waals surface area contributed by atoms with E-state index >= 15 is 0 Å². The zero-order chi connectivity index (χ0) is 23.4. The van der Waals surface area contributed by atoms with Crippen molar-refractivity contribution in [1.82, 2.24) is 44.9 Å². The Kier molecular flexibility index (Phi) is 9.06. The molecule has 0 amide bonds. The van der Waals surface area contributed by atoms with Gasteiger partial charge in [-0.2, -0.15) is 0 Å². The topological polar surface area (TPSA) is 128 Å². The molecule has 0 bridgehead atoms. The molecular weight excluding hydrogens is 432 g/mol. The first kappa shape index (κ1) is 23.9. The Labute approximate surface area is 199 Å². The maximum Gasteiger partial charge on any atom is 0.230 e. The van der Waals surface area contributed by atoms with Crippen molar-refractivity contribution < 1.29 is 4.74 Å². The molecular formula is C23H32N10O. The highest BCUT2D eigenvalue weighted by Gasteiger charge is 2.29. The van der Waals surface area contributed by atoms with Gasteiger partial charge in [0, 0.05) is 6.54 Å². The zero-order valence-corrected chi connectivity index (χ0v) is 19.6. The van der Waals surface area contributed by atoms with Crippen LogP contribution in [0, 0.1) is 0 Å². The molecule has 3 aromatic rings. The van der Waals surface area contributed by atoms with E-state index in [9.17, 15) is 0 Å². The van der Waals surface area contributed by atoms with Crippen LogP contribution in [0.25, 0.3) is 0 Å². The van der Waals surface area contributed by atoms with Gasteiger partial charge in [-0.05, 0) is 32.1 Å². The summed E-state index contributed by atoms with van der Waals surface area (Å²) in [5.41, 5.74) is 0. The first-order chi connectivity index (χ1) is 16.8. The van der Waals surface area contributed by atoms with Crippen molar-refractivity contribution in [3.63, 3.8) is 0 Å². The third-order valence-electron chi connectivity index (χ3n) is 6.09. The molecule has 0 N–H and O–H groups in total. The molecule has 180 valence electrons. The molecule has 1 unspecified atom stereocenters. The molecule has 0 radical (unpaired) electrons. The van der Waals surface area contributed by atoms with Crippen molar-refractivity contribution in [3.8, 4) is 0 Å². The lowest BCUT2D eigenvalue weighted by Crippen LogP contribution is -2.42. The predicted octanol–water partition coefficient (Wildman–Crippen LogP) is 3.14. The number of aromatic nitrogens is 9. The minimum Gasteiger partial charge on any atom is -0.355 e. The Bertz CT molecular complexity index is 904. The molecule has 0 spiro atoms. The Morgan fingerprint density at radius 2 is 1.35 bits per heavy atom. The molecule has 3 heterocycles. The van der Waals surface area contributed by atoms with Gasteiger partial charge >= 0.3 is 0 Å². The number of hydrogen-bond donors (Lipinski definition) is 0. The lowest BCUT2D eigenvalue weighted by atomic mass is 9.97. The van der Waals surface area contributed by atoms with Crippen molar-refractivity contribution in [1.29, 1.82) is 0 Å². The Balaban J connectivity index is 1.59. The Morgan fingerprint density at radius 1 is 0.794 bits per heavy atom. The minimum absolute atomic E-state index is 0.191. The molecule has 1 aliphatic carbocycles. The standard InChI is InChI=1S/C23H32N10O/c1-2-3-11-33(23-31-16-26-17-32-23)20(34-18-7-5-4-6-8-18)10-9-19(21-27-12-24-13-28-21)22-29-14-25-15-30-22/h12-20H,2-11H2,1H3. The molecule has 1 fully saturated rings. The summed E-state index contributed by atoms with van der Waals surface area (Å²) in [5, 5.41) is 0. The van der Waals surface area contributed by atoms with Crippen LogP contribution < -0.4 is 4.90 Å². The van der Waals surface area contributed by atoms with Crippen LogP contribution in [0.2, 0.25) is 0 Å². The van der Waals surface area contributed by atoms with Crippen molar-refractivity contribution in [2.45, 2.75) is 83.0 Å². The highest BCUT2D eigenvalue weighted by atomic mass is 16.5. The highest BCUT2D eigenvalue weighted by Crippen LogP contribution is 2.29. The Hall–Kier alpha value is -3.21. The highest BCUT2D eigenvalue weighted by molar-refractivity contribution is 5.28. The normalized spacial score (nSPS) is 15.4. The number of anilines is 1. The van der Waals surface area contributed by atoms with E-state index in [1.54, 1.807) is 0 Å². The van der Waals surface area contributed by atoms with E-state index < -0.39 is 0 Å². The summed E-state index contributed by atoms with van der Waals surface area (Å²) in [7, 11) is 0. The van der Waals surface area contributed by atoms with Crippen LogP contribution in [-0.2, 0) is 4.74 Å². The van der Waals surface area contributed by atoms with Crippen LogP contribution in [0.1, 0.15) is 82.3 Å². The molecule has 34 heavy (non-hydrogen) atoms. The SMILES string of the molecule is CCCCN(c1ncncn1)C(CCC(c1ncncn1)c1ncncn1)OC1CCCCC1. The smallest absolute Gasteiger partial charge is 0.230 e. The molecule has 4 rings (SSSR count). The quantitative estimate of drug-likeness (QED) is 0.366. The fourth-order valence-electron chi connectivity index (χ4n) is 4.34. The molecule has 1 aliphatic rings. The second kappa shape index (κ2) is 12.9. The molecule has 1 atom stereocenters. The van der Waals surface area contributed by atoms with E-state index in [4.69, 9.17) is 4.74 Å². The molecule has 3 aromatic heterocycles. The predicted molar refractivity (Wildman–Crippen MR) is 125 cm³/mol. The van der Waals surface area contributed by atoms with Crippen LogP contribution in [0.3, 0.4) is 0 Å². The molecule has 0 aromatic carbocycles. The van der Waals surface area contributed by atoms with Gasteiger partial charge in [-0.25, -0.2) is 44.9 Å². The third-order valence-corrected chi connectivity index (χ3v) is 6.09. The van der Waals surface area contributed by atoms with E-state index in [1.165, 1.54) is 57.2 Å². The van der Waals surface area contributed by atoms with Crippen molar-refractivity contribution in [2.24, 2.45) is 0 Å². The van der Waals surface area contributed by atoms with Gasteiger partial charge in [-0.3, -0.25) is 0 Å². The zero-order valence-electron chi connectivity index (χ0n) is 19.6. The number of unbranched alkanes of at least 4 members (excludes halogenated alkanes) is 1. The van der Waals surface area contributed by atoms with Gasteiger partial charge in [0.15, 0.2) is 0 Å². The summed E-state index contributed by atoms with van der Waals surface area (Å²) in [6, 6.07) is 0. The second-order valence-corrected chi connectivity index (χ2v) is 8.46. The monoisotopic (exact) mass is 464 g/mol. The summed E-state index contributed by atoms with van der Waals surface area (Å²) in [6.45, 7) is 2.99. The fourth-order valence-corrected chi connectivity index (χ4v) is 4.34. The van der Waals surface area contributed by atoms with Crippen LogP contribution >= 0.6 is 0 Å². The number of rotatable bonds is 12. The average molecular weight is 465 g/mol. The van der Waals surface area contributed by atoms with E-state index in [0.29, 0.717) is 30.4 Å². The van der Waals surface area contributed by atoms with Gasteiger partial charge in [0.25, 0.3) is 0 Å². The first-order valence-corrected chi connectivity index (χ1v) is 12.1. The molecule has 0 aliphatic heterocycles. The van der Waals surface area contributed by atoms with Crippen LogP contribution in [-0.4, -0.2) is 63.7 Å². The molecule has 11 heteroatoms. The third kappa shape index (κ3) is 6.66. The number of hydrogen-bond acceptors (Lipinski definition) is 11. The van der Waals surface area contributed by atoms with Crippen molar-refractivity contribution in [3.05, 3.63) is 49.6 Å². The lowest BCUT2D eigenvalue weighted by Gasteiger charge is -2.36. The van der Waals surface area contributed by atoms with Gasteiger partial charge in [0.1, 0.15) is 55.8 Å². The fraction of sp³-hybridized carbons (Fsp3) is 0.609. The van der Waals surface area contributed by atoms with Gasteiger partial charge in [-0.1, -0.05) is 32.6 Å². The maximum absolute atomic E-state index is 6.75.